The Labute approximate surface area is 82.1 Å². The van der Waals surface area contributed by atoms with Crippen LogP contribution < -0.4 is 5.73 Å². The van der Waals surface area contributed by atoms with Crippen molar-refractivity contribution in [2.75, 3.05) is 13.1 Å². The van der Waals surface area contributed by atoms with E-state index in [2.05, 4.69) is 0 Å². The molecule has 2 N–H and O–H groups in total. The van der Waals surface area contributed by atoms with E-state index in [-0.39, 0.29) is 19.0 Å². The zero-order valence-corrected chi connectivity index (χ0v) is 8.68. The second-order valence-electron chi connectivity index (χ2n) is 3.49. The first kappa shape index (κ1) is 11.8. The Kier molecular flexibility index (Phi) is 3.44. The van der Waals surface area contributed by atoms with Gasteiger partial charge < -0.3 is 5.73 Å². The molecule has 0 bridgehead atoms. The third-order valence-corrected chi connectivity index (χ3v) is 4.18. The fourth-order valence-electron chi connectivity index (χ4n) is 1.74. The van der Waals surface area contributed by atoms with Crippen molar-refractivity contribution in [3.63, 3.8) is 0 Å². The van der Waals surface area contributed by atoms with Crippen molar-refractivity contribution in [1.82, 2.24) is 4.31 Å². The summed E-state index contributed by atoms with van der Waals surface area (Å²) in [5, 5.41) is 0. The molecule has 1 rings (SSSR count). The molecule has 1 saturated heterocycles. The first-order valence-corrected chi connectivity index (χ1v) is 5.90. The van der Waals surface area contributed by atoms with Crippen LogP contribution in [0.25, 0.3) is 0 Å². The molecule has 2 unspecified atom stereocenters. The van der Waals surface area contributed by atoms with Crippen molar-refractivity contribution in [2.24, 2.45) is 11.7 Å². The Morgan fingerprint density at radius 2 is 2.14 bits per heavy atom. The van der Waals surface area contributed by atoms with Crippen LogP contribution in [0.1, 0.15) is 13.3 Å². The lowest BCUT2D eigenvalue weighted by atomic mass is 10.0. The monoisotopic (exact) mass is 228 g/mol. The van der Waals surface area contributed by atoms with Crippen LogP contribution >= 0.6 is 0 Å². The molecule has 1 aliphatic heterocycles. The molecular weight excluding hydrogens is 214 g/mol. The van der Waals surface area contributed by atoms with E-state index in [1.165, 1.54) is 0 Å². The average Bonchev–Trinajstić information content (AvgIpc) is 2.46. The van der Waals surface area contributed by atoms with Crippen molar-refractivity contribution in [3.8, 4) is 0 Å². The van der Waals surface area contributed by atoms with Gasteiger partial charge in [0.15, 0.2) is 0 Å². The second kappa shape index (κ2) is 4.08. The van der Waals surface area contributed by atoms with Crippen LogP contribution in [0.4, 0.5) is 8.78 Å². The van der Waals surface area contributed by atoms with Crippen LogP contribution in [-0.4, -0.2) is 37.6 Å². The summed E-state index contributed by atoms with van der Waals surface area (Å²) >= 11 is 0. The predicted molar refractivity (Wildman–Crippen MR) is 48.3 cm³/mol. The number of halogens is 2. The zero-order valence-electron chi connectivity index (χ0n) is 7.86. The first-order valence-electron chi connectivity index (χ1n) is 4.40. The van der Waals surface area contributed by atoms with Gasteiger partial charge in [0.2, 0.25) is 0 Å². The molecule has 0 aromatic carbocycles. The SMILES string of the molecule is CC1CCN(S(=O)(=O)C(F)F)C1CN. The molecule has 0 radical (unpaired) electrons. The predicted octanol–water partition coefficient (Wildman–Crippen LogP) is 0.208. The van der Waals surface area contributed by atoms with Gasteiger partial charge in [0.1, 0.15) is 0 Å². The molecule has 4 nitrogen and oxygen atoms in total. The van der Waals surface area contributed by atoms with Gasteiger partial charge in [-0.3, -0.25) is 0 Å². The average molecular weight is 228 g/mol. The minimum Gasteiger partial charge on any atom is -0.329 e. The van der Waals surface area contributed by atoms with Crippen LogP contribution in [0.5, 0.6) is 0 Å². The van der Waals surface area contributed by atoms with Gasteiger partial charge in [-0.1, -0.05) is 6.92 Å². The molecule has 1 fully saturated rings. The molecule has 2 atom stereocenters. The van der Waals surface area contributed by atoms with Crippen molar-refractivity contribution in [3.05, 3.63) is 0 Å². The Bertz CT molecular complexity index is 294. The Morgan fingerprint density at radius 1 is 1.57 bits per heavy atom. The normalized spacial score (nSPS) is 30.1. The minimum absolute atomic E-state index is 0.0496. The summed E-state index contributed by atoms with van der Waals surface area (Å²) in [6.45, 7) is 2.06. The fourth-order valence-corrected chi connectivity index (χ4v) is 2.98. The van der Waals surface area contributed by atoms with Crippen molar-refractivity contribution >= 4 is 10.0 Å². The Balaban J connectivity index is 2.89. The molecule has 7 heteroatoms. The Hall–Kier alpha value is -0.270. The summed E-state index contributed by atoms with van der Waals surface area (Å²) in [6, 6.07) is -0.478. The van der Waals surface area contributed by atoms with Crippen LogP contribution in [0, 0.1) is 5.92 Å². The number of rotatable bonds is 3. The second-order valence-corrected chi connectivity index (χ2v) is 5.34. The maximum Gasteiger partial charge on any atom is 0.350 e. The topological polar surface area (TPSA) is 63.4 Å². The summed E-state index contributed by atoms with van der Waals surface area (Å²) in [7, 11) is -4.45. The number of alkyl halides is 2. The van der Waals surface area contributed by atoms with Gasteiger partial charge in [-0.2, -0.15) is 13.1 Å². The van der Waals surface area contributed by atoms with Gasteiger partial charge in [-0.25, -0.2) is 8.42 Å². The largest absolute Gasteiger partial charge is 0.350 e. The van der Waals surface area contributed by atoms with E-state index in [1.807, 2.05) is 6.92 Å². The third kappa shape index (κ3) is 1.89. The summed E-state index contributed by atoms with van der Waals surface area (Å²) in [4.78, 5) is 0. The van der Waals surface area contributed by atoms with Gasteiger partial charge in [0.05, 0.1) is 0 Å². The highest BCUT2D eigenvalue weighted by Gasteiger charge is 2.42. The molecule has 0 aromatic heterocycles. The highest BCUT2D eigenvalue weighted by molar-refractivity contribution is 7.89. The number of nitrogens with two attached hydrogens (primary N) is 1. The highest BCUT2D eigenvalue weighted by atomic mass is 32.2. The number of nitrogens with zero attached hydrogens (tertiary/aromatic N) is 1. The van der Waals surface area contributed by atoms with Gasteiger partial charge in [0.25, 0.3) is 10.0 Å². The maximum atomic E-state index is 12.2. The molecule has 0 amide bonds. The van der Waals surface area contributed by atoms with Crippen LogP contribution in [0.15, 0.2) is 0 Å². The number of hydrogen-bond acceptors (Lipinski definition) is 3. The standard InChI is InChI=1S/C7H14F2N2O2S/c1-5-2-3-11(6(5)4-10)14(12,13)7(8)9/h5-7H,2-4,10H2,1H3. The van der Waals surface area contributed by atoms with E-state index >= 15 is 0 Å². The summed E-state index contributed by atoms with van der Waals surface area (Å²) in [5.41, 5.74) is 5.36. The van der Waals surface area contributed by atoms with Gasteiger partial charge in [0, 0.05) is 19.1 Å². The van der Waals surface area contributed by atoms with E-state index in [4.69, 9.17) is 5.73 Å². The summed E-state index contributed by atoms with van der Waals surface area (Å²) in [5.74, 6) is -3.30. The van der Waals surface area contributed by atoms with Crippen LogP contribution in [0.2, 0.25) is 0 Å². The molecule has 0 spiro atoms. The smallest absolute Gasteiger partial charge is 0.329 e. The van der Waals surface area contributed by atoms with E-state index < -0.39 is 21.8 Å². The number of hydrogen-bond donors (Lipinski definition) is 1. The highest BCUT2D eigenvalue weighted by Crippen LogP contribution is 2.28. The number of sulfonamides is 1. The Morgan fingerprint density at radius 3 is 2.57 bits per heavy atom. The molecule has 84 valence electrons. The third-order valence-electron chi connectivity index (χ3n) is 2.63. The molecule has 0 aromatic rings. The van der Waals surface area contributed by atoms with E-state index in [0.29, 0.717) is 6.42 Å². The summed E-state index contributed by atoms with van der Waals surface area (Å²) < 4.78 is 47.6. The van der Waals surface area contributed by atoms with Crippen LogP contribution in [-0.2, 0) is 10.0 Å². The molecule has 0 saturated carbocycles. The van der Waals surface area contributed by atoms with E-state index in [9.17, 15) is 17.2 Å². The molecule has 0 aliphatic carbocycles. The quantitative estimate of drug-likeness (QED) is 0.751. The van der Waals surface area contributed by atoms with Crippen molar-refractivity contribution < 1.29 is 17.2 Å². The molecule has 1 aliphatic rings. The fraction of sp³-hybridized carbons (Fsp3) is 1.00. The lowest BCUT2D eigenvalue weighted by molar-refractivity contribution is 0.214. The van der Waals surface area contributed by atoms with Gasteiger partial charge in [-0.15, -0.1) is 0 Å². The first-order chi connectivity index (χ1) is 6.41. The van der Waals surface area contributed by atoms with E-state index in [0.717, 1.165) is 4.31 Å². The van der Waals surface area contributed by atoms with Gasteiger partial charge >= 0.3 is 5.76 Å². The van der Waals surface area contributed by atoms with Gasteiger partial charge in [-0.05, 0) is 12.3 Å². The van der Waals surface area contributed by atoms with Crippen molar-refractivity contribution in [1.29, 1.82) is 0 Å². The minimum atomic E-state index is -4.45. The van der Waals surface area contributed by atoms with E-state index in [1.54, 1.807) is 0 Å². The molecule has 1 heterocycles. The van der Waals surface area contributed by atoms with Crippen LogP contribution in [0.3, 0.4) is 0 Å². The zero-order chi connectivity index (χ0) is 10.9. The van der Waals surface area contributed by atoms with Crippen molar-refractivity contribution in [2.45, 2.75) is 25.1 Å². The molecule has 14 heavy (non-hydrogen) atoms. The summed E-state index contributed by atoms with van der Waals surface area (Å²) in [6.07, 6.45) is 0.591. The lowest BCUT2D eigenvalue weighted by Crippen LogP contribution is -2.44. The lowest BCUT2D eigenvalue weighted by Gasteiger charge is -2.24. The maximum absolute atomic E-state index is 12.2. The molecular formula is C7H14F2N2O2S.